The second-order valence-corrected chi connectivity index (χ2v) is 6.77. The average molecular weight is 448 g/mol. The molecule has 3 aromatic heterocycles. The number of aryl methyl sites for hydroxylation is 1. The SMILES string of the molecule is CCn1ncc(Cn2cc(NC(=O)Cn3nc(C(F)F)c(Cl)c3C(F)F)cn2)c1C. The molecule has 30 heavy (non-hydrogen) atoms. The first kappa shape index (κ1) is 21.8. The van der Waals surface area contributed by atoms with Crippen LogP contribution in [-0.4, -0.2) is 35.2 Å². The Morgan fingerprint density at radius 2 is 1.90 bits per heavy atom. The molecule has 3 rings (SSSR count). The number of hydrogen-bond donors (Lipinski definition) is 1. The fourth-order valence-electron chi connectivity index (χ4n) is 2.93. The third-order valence-electron chi connectivity index (χ3n) is 4.42. The molecule has 0 bridgehead atoms. The van der Waals surface area contributed by atoms with Gasteiger partial charge in [0.05, 0.1) is 29.6 Å². The molecular formula is C17H18ClF4N7O. The summed E-state index contributed by atoms with van der Waals surface area (Å²) in [6, 6.07) is 0. The smallest absolute Gasteiger partial charge is 0.283 e. The zero-order chi connectivity index (χ0) is 22.0. The van der Waals surface area contributed by atoms with Gasteiger partial charge in [-0.3, -0.25) is 18.8 Å². The van der Waals surface area contributed by atoms with Gasteiger partial charge in [0.15, 0.2) is 0 Å². The highest BCUT2D eigenvalue weighted by Gasteiger charge is 2.28. The van der Waals surface area contributed by atoms with E-state index >= 15 is 0 Å². The van der Waals surface area contributed by atoms with Crippen LogP contribution in [-0.2, 0) is 24.4 Å². The molecule has 0 spiro atoms. The molecule has 0 radical (unpaired) electrons. The molecule has 0 aliphatic heterocycles. The van der Waals surface area contributed by atoms with Crippen molar-refractivity contribution in [3.05, 3.63) is 46.3 Å². The lowest BCUT2D eigenvalue weighted by Crippen LogP contribution is -2.21. The predicted molar refractivity (Wildman–Crippen MR) is 99.7 cm³/mol. The molecule has 0 saturated carbocycles. The van der Waals surface area contributed by atoms with Gasteiger partial charge < -0.3 is 5.32 Å². The van der Waals surface area contributed by atoms with E-state index in [-0.39, 0.29) is 0 Å². The molecule has 0 unspecified atom stereocenters. The fraction of sp³-hybridized carbons (Fsp3) is 0.412. The molecule has 0 aliphatic rings. The number of rotatable bonds is 8. The van der Waals surface area contributed by atoms with Gasteiger partial charge in [-0.2, -0.15) is 15.3 Å². The van der Waals surface area contributed by atoms with Crippen molar-refractivity contribution >= 4 is 23.2 Å². The number of halogens is 5. The molecule has 3 heterocycles. The van der Waals surface area contributed by atoms with Crippen LogP contribution in [0.4, 0.5) is 23.2 Å². The van der Waals surface area contributed by atoms with Gasteiger partial charge in [0, 0.05) is 24.0 Å². The van der Waals surface area contributed by atoms with Crippen molar-refractivity contribution in [1.29, 1.82) is 0 Å². The molecule has 0 aliphatic carbocycles. The van der Waals surface area contributed by atoms with Gasteiger partial charge in [-0.05, 0) is 13.8 Å². The second-order valence-electron chi connectivity index (χ2n) is 6.39. The Balaban J connectivity index is 1.69. The van der Waals surface area contributed by atoms with Crippen molar-refractivity contribution < 1.29 is 22.4 Å². The van der Waals surface area contributed by atoms with Crippen molar-refractivity contribution in [1.82, 2.24) is 29.3 Å². The monoisotopic (exact) mass is 447 g/mol. The normalized spacial score (nSPS) is 11.6. The third-order valence-corrected chi connectivity index (χ3v) is 4.80. The Labute approximate surface area is 173 Å². The van der Waals surface area contributed by atoms with Crippen molar-refractivity contribution in [2.45, 2.75) is 46.3 Å². The molecule has 1 N–H and O–H groups in total. The number of anilines is 1. The predicted octanol–water partition coefficient (Wildman–Crippen LogP) is 3.82. The highest BCUT2D eigenvalue weighted by atomic mass is 35.5. The molecule has 1 amide bonds. The number of nitrogens with one attached hydrogen (secondary N) is 1. The summed E-state index contributed by atoms with van der Waals surface area (Å²) in [7, 11) is 0. The molecule has 13 heteroatoms. The summed E-state index contributed by atoms with van der Waals surface area (Å²) in [5.41, 5.74) is 0.330. The van der Waals surface area contributed by atoms with Gasteiger partial charge in [0.25, 0.3) is 12.9 Å². The third kappa shape index (κ3) is 4.48. The zero-order valence-corrected chi connectivity index (χ0v) is 16.7. The first-order chi connectivity index (χ1) is 14.2. The molecule has 3 aromatic rings. The van der Waals surface area contributed by atoms with Crippen LogP contribution < -0.4 is 5.32 Å². The molecule has 0 fully saturated rings. The average Bonchev–Trinajstić information content (AvgIpc) is 3.34. The van der Waals surface area contributed by atoms with Crippen LogP contribution in [0, 0.1) is 6.92 Å². The summed E-state index contributed by atoms with van der Waals surface area (Å²) in [6.07, 6.45) is -1.65. The Morgan fingerprint density at radius 3 is 2.50 bits per heavy atom. The minimum absolute atomic E-state index is 0.312. The number of alkyl halides is 4. The van der Waals surface area contributed by atoms with Gasteiger partial charge in [0.2, 0.25) is 5.91 Å². The van der Waals surface area contributed by atoms with E-state index < -0.39 is 41.7 Å². The van der Waals surface area contributed by atoms with Gasteiger partial charge in [-0.15, -0.1) is 0 Å². The lowest BCUT2D eigenvalue weighted by molar-refractivity contribution is -0.117. The quantitative estimate of drug-likeness (QED) is 0.532. The Bertz CT molecular complexity index is 1040. The first-order valence-electron chi connectivity index (χ1n) is 8.87. The van der Waals surface area contributed by atoms with E-state index in [9.17, 15) is 22.4 Å². The van der Waals surface area contributed by atoms with Crippen LogP contribution in [0.3, 0.4) is 0 Å². The topological polar surface area (TPSA) is 82.6 Å². The summed E-state index contributed by atoms with van der Waals surface area (Å²) in [5, 5.41) is 13.4. The molecule has 0 saturated heterocycles. The number of carbonyl (C=O) groups is 1. The molecule has 0 aromatic carbocycles. The lowest BCUT2D eigenvalue weighted by atomic mass is 10.2. The number of hydrogen-bond acceptors (Lipinski definition) is 4. The van der Waals surface area contributed by atoms with E-state index in [1.165, 1.54) is 6.20 Å². The van der Waals surface area contributed by atoms with Crippen LogP contribution in [0.1, 0.15) is 42.4 Å². The molecule has 0 atom stereocenters. The second kappa shape index (κ2) is 8.86. The van der Waals surface area contributed by atoms with E-state index in [4.69, 9.17) is 11.6 Å². The highest BCUT2D eigenvalue weighted by Crippen LogP contribution is 2.34. The minimum atomic E-state index is -3.17. The Morgan fingerprint density at radius 1 is 1.17 bits per heavy atom. The highest BCUT2D eigenvalue weighted by molar-refractivity contribution is 6.32. The minimum Gasteiger partial charge on any atom is -0.322 e. The maximum absolute atomic E-state index is 13.2. The van der Waals surface area contributed by atoms with Crippen LogP contribution in [0.2, 0.25) is 5.02 Å². The van der Waals surface area contributed by atoms with Crippen LogP contribution in [0.15, 0.2) is 18.6 Å². The summed E-state index contributed by atoms with van der Waals surface area (Å²) < 4.78 is 56.0. The molecule has 162 valence electrons. The Kier molecular flexibility index (Phi) is 6.44. The van der Waals surface area contributed by atoms with Gasteiger partial charge in [-0.25, -0.2) is 17.6 Å². The summed E-state index contributed by atoms with van der Waals surface area (Å²) in [5.74, 6) is -0.744. The van der Waals surface area contributed by atoms with E-state index in [0.29, 0.717) is 16.9 Å². The summed E-state index contributed by atoms with van der Waals surface area (Å²) >= 11 is 5.57. The number of carbonyl (C=O) groups excluding carboxylic acids is 1. The largest absolute Gasteiger partial charge is 0.322 e. The Hall–Kier alpha value is -2.89. The van der Waals surface area contributed by atoms with E-state index in [0.717, 1.165) is 17.8 Å². The number of amides is 1. The molecular weight excluding hydrogens is 430 g/mol. The van der Waals surface area contributed by atoms with Crippen molar-refractivity contribution in [3.63, 3.8) is 0 Å². The fourth-order valence-corrected chi connectivity index (χ4v) is 3.23. The van der Waals surface area contributed by atoms with Crippen LogP contribution in [0.25, 0.3) is 0 Å². The summed E-state index contributed by atoms with van der Waals surface area (Å²) in [6.45, 7) is 4.35. The van der Waals surface area contributed by atoms with Crippen molar-refractivity contribution in [3.8, 4) is 0 Å². The van der Waals surface area contributed by atoms with E-state index in [1.807, 2.05) is 18.5 Å². The van der Waals surface area contributed by atoms with Crippen molar-refractivity contribution in [2.75, 3.05) is 5.32 Å². The lowest BCUT2D eigenvalue weighted by Gasteiger charge is -2.07. The van der Waals surface area contributed by atoms with Gasteiger partial charge in [0.1, 0.15) is 17.9 Å². The standard InChI is InChI=1S/C17H18ClF4N7O/c1-3-28-9(2)10(4-24-28)6-27-7-11(5-23-27)25-12(30)8-29-15(17(21)22)13(18)14(26-29)16(19)20/h4-5,7,16-17H,3,6,8H2,1-2H3,(H,25,30). The maximum Gasteiger partial charge on any atom is 0.283 e. The first-order valence-corrected chi connectivity index (χ1v) is 9.25. The van der Waals surface area contributed by atoms with E-state index in [2.05, 4.69) is 20.6 Å². The zero-order valence-electron chi connectivity index (χ0n) is 16.0. The summed E-state index contributed by atoms with van der Waals surface area (Å²) in [4.78, 5) is 12.2. The maximum atomic E-state index is 13.2. The number of nitrogens with zero attached hydrogens (tertiary/aromatic N) is 6. The van der Waals surface area contributed by atoms with Gasteiger partial charge in [-0.1, -0.05) is 11.6 Å². The molecule has 8 nitrogen and oxygen atoms in total. The van der Waals surface area contributed by atoms with Crippen LogP contribution >= 0.6 is 11.6 Å². The number of aromatic nitrogens is 6. The van der Waals surface area contributed by atoms with Crippen molar-refractivity contribution in [2.24, 2.45) is 0 Å². The van der Waals surface area contributed by atoms with Crippen LogP contribution in [0.5, 0.6) is 0 Å². The van der Waals surface area contributed by atoms with E-state index in [1.54, 1.807) is 17.1 Å². The van der Waals surface area contributed by atoms with Gasteiger partial charge >= 0.3 is 0 Å².